The van der Waals surface area contributed by atoms with Gasteiger partial charge in [-0.25, -0.2) is 0 Å². The molecule has 1 aliphatic heterocycles. The first-order valence-electron chi connectivity index (χ1n) is 10.9. The molecule has 0 saturated carbocycles. The van der Waals surface area contributed by atoms with E-state index in [4.69, 9.17) is 14.5 Å². The Hall–Kier alpha value is -2.11. The lowest BCUT2D eigenvalue weighted by Gasteiger charge is -2.34. The predicted molar refractivity (Wildman–Crippen MR) is 121 cm³/mol. The molecule has 1 saturated heterocycles. The van der Waals surface area contributed by atoms with E-state index in [1.54, 1.807) is 7.11 Å². The van der Waals surface area contributed by atoms with Gasteiger partial charge in [-0.1, -0.05) is 42.5 Å². The SMILES string of the molecule is CCNC(=NCCc1cccc2ccccc12)N1CCC(OCCCOC)CC1. The van der Waals surface area contributed by atoms with E-state index in [9.17, 15) is 0 Å². The molecule has 29 heavy (non-hydrogen) atoms. The number of hydrogen-bond acceptors (Lipinski definition) is 3. The van der Waals surface area contributed by atoms with Gasteiger partial charge in [-0.05, 0) is 48.9 Å². The molecule has 3 rings (SSSR count). The van der Waals surface area contributed by atoms with Crippen molar-refractivity contribution in [3.05, 3.63) is 48.0 Å². The molecule has 1 fully saturated rings. The van der Waals surface area contributed by atoms with Gasteiger partial charge >= 0.3 is 0 Å². The summed E-state index contributed by atoms with van der Waals surface area (Å²) in [7, 11) is 1.74. The van der Waals surface area contributed by atoms with Crippen molar-refractivity contribution in [1.82, 2.24) is 10.2 Å². The molecule has 0 unspecified atom stereocenters. The van der Waals surface area contributed by atoms with Gasteiger partial charge in [0.2, 0.25) is 0 Å². The van der Waals surface area contributed by atoms with Crippen molar-refractivity contribution in [3.8, 4) is 0 Å². The van der Waals surface area contributed by atoms with Gasteiger partial charge in [0.05, 0.1) is 6.10 Å². The van der Waals surface area contributed by atoms with Crippen molar-refractivity contribution in [2.24, 2.45) is 4.99 Å². The number of nitrogens with one attached hydrogen (secondary N) is 1. The van der Waals surface area contributed by atoms with Crippen LogP contribution in [0.25, 0.3) is 10.8 Å². The minimum atomic E-state index is 0.363. The van der Waals surface area contributed by atoms with Crippen LogP contribution in [0.1, 0.15) is 31.7 Å². The second-order valence-electron chi connectivity index (χ2n) is 7.53. The molecule has 1 N–H and O–H groups in total. The highest BCUT2D eigenvalue weighted by Gasteiger charge is 2.21. The molecule has 0 radical (unpaired) electrons. The summed E-state index contributed by atoms with van der Waals surface area (Å²) >= 11 is 0. The molecule has 0 amide bonds. The third-order valence-electron chi connectivity index (χ3n) is 5.45. The number of methoxy groups -OCH3 is 1. The molecule has 2 aromatic carbocycles. The Kier molecular flexibility index (Phi) is 8.78. The number of hydrogen-bond donors (Lipinski definition) is 1. The van der Waals surface area contributed by atoms with Gasteiger partial charge in [0.1, 0.15) is 0 Å². The number of aliphatic imine (C=N–C) groups is 1. The summed E-state index contributed by atoms with van der Waals surface area (Å²) in [6.45, 7) is 7.37. The first-order chi connectivity index (χ1) is 14.3. The zero-order chi connectivity index (χ0) is 20.3. The molecule has 0 spiro atoms. The number of ether oxygens (including phenoxy) is 2. The monoisotopic (exact) mass is 397 g/mol. The largest absolute Gasteiger partial charge is 0.385 e. The van der Waals surface area contributed by atoms with Crippen LogP contribution < -0.4 is 5.32 Å². The number of piperidine rings is 1. The zero-order valence-electron chi connectivity index (χ0n) is 17.9. The van der Waals surface area contributed by atoms with E-state index < -0.39 is 0 Å². The molecule has 158 valence electrons. The topological polar surface area (TPSA) is 46.1 Å². The number of nitrogens with zero attached hydrogens (tertiary/aromatic N) is 2. The molecule has 0 aromatic heterocycles. The van der Waals surface area contributed by atoms with Crippen LogP contribution in [-0.4, -0.2) is 63.5 Å². The lowest BCUT2D eigenvalue weighted by molar-refractivity contribution is 0.00991. The van der Waals surface area contributed by atoms with Gasteiger partial charge < -0.3 is 19.7 Å². The van der Waals surface area contributed by atoms with Crippen molar-refractivity contribution in [1.29, 1.82) is 0 Å². The molecular formula is C24H35N3O2. The van der Waals surface area contributed by atoms with Crippen LogP contribution in [0, 0.1) is 0 Å². The normalized spacial score (nSPS) is 15.8. The van der Waals surface area contributed by atoms with Crippen LogP contribution >= 0.6 is 0 Å². The van der Waals surface area contributed by atoms with Gasteiger partial charge in [0, 0.05) is 46.5 Å². The smallest absolute Gasteiger partial charge is 0.193 e. The summed E-state index contributed by atoms with van der Waals surface area (Å²) in [4.78, 5) is 7.30. The Morgan fingerprint density at radius 2 is 1.90 bits per heavy atom. The summed E-state index contributed by atoms with van der Waals surface area (Å²) in [6, 6.07) is 15.1. The Bertz CT molecular complexity index is 764. The fourth-order valence-electron chi connectivity index (χ4n) is 3.91. The Labute approximate surface area is 175 Å². The van der Waals surface area contributed by atoms with Crippen LogP contribution in [-0.2, 0) is 15.9 Å². The fraction of sp³-hybridized carbons (Fsp3) is 0.542. The average Bonchev–Trinajstić information content (AvgIpc) is 2.77. The first kappa shape index (κ1) is 21.6. The van der Waals surface area contributed by atoms with Crippen LogP contribution in [0.3, 0.4) is 0 Å². The van der Waals surface area contributed by atoms with Crippen LogP contribution in [0.15, 0.2) is 47.5 Å². The molecule has 1 aliphatic rings. The maximum absolute atomic E-state index is 5.99. The predicted octanol–water partition coefficient (Wildman–Crippen LogP) is 3.87. The number of likely N-dealkylation sites (tertiary alicyclic amines) is 1. The molecule has 5 heteroatoms. The van der Waals surface area contributed by atoms with Crippen LogP contribution in [0.5, 0.6) is 0 Å². The maximum Gasteiger partial charge on any atom is 0.193 e. The first-order valence-corrected chi connectivity index (χ1v) is 10.9. The highest BCUT2D eigenvalue weighted by Crippen LogP contribution is 2.19. The lowest BCUT2D eigenvalue weighted by atomic mass is 10.0. The van der Waals surface area contributed by atoms with Gasteiger partial charge in [-0.15, -0.1) is 0 Å². The summed E-state index contributed by atoms with van der Waals surface area (Å²) in [6.07, 6.45) is 4.40. The molecule has 0 aliphatic carbocycles. The van der Waals surface area contributed by atoms with E-state index in [1.165, 1.54) is 16.3 Å². The molecule has 1 heterocycles. The van der Waals surface area contributed by atoms with Crippen molar-refractivity contribution >= 4 is 16.7 Å². The minimum absolute atomic E-state index is 0.363. The second kappa shape index (κ2) is 11.8. The van der Waals surface area contributed by atoms with Crippen molar-refractivity contribution in [2.75, 3.05) is 46.5 Å². The van der Waals surface area contributed by atoms with E-state index >= 15 is 0 Å². The van der Waals surface area contributed by atoms with Crippen molar-refractivity contribution < 1.29 is 9.47 Å². The summed E-state index contributed by atoms with van der Waals surface area (Å²) in [5, 5.41) is 6.10. The molecule has 0 bridgehead atoms. The van der Waals surface area contributed by atoms with E-state index in [0.717, 1.165) is 71.0 Å². The summed E-state index contributed by atoms with van der Waals surface area (Å²) < 4.78 is 11.1. The Morgan fingerprint density at radius 3 is 2.69 bits per heavy atom. The number of guanidine groups is 1. The van der Waals surface area contributed by atoms with Gasteiger partial charge in [-0.2, -0.15) is 0 Å². The fourth-order valence-corrected chi connectivity index (χ4v) is 3.91. The second-order valence-corrected chi connectivity index (χ2v) is 7.53. The van der Waals surface area contributed by atoms with E-state index in [1.807, 2.05) is 0 Å². The molecule has 2 aromatic rings. The lowest BCUT2D eigenvalue weighted by Crippen LogP contribution is -2.47. The Morgan fingerprint density at radius 1 is 1.10 bits per heavy atom. The van der Waals surface area contributed by atoms with E-state index in [-0.39, 0.29) is 0 Å². The zero-order valence-corrected chi connectivity index (χ0v) is 17.9. The highest BCUT2D eigenvalue weighted by molar-refractivity contribution is 5.85. The van der Waals surface area contributed by atoms with Crippen LogP contribution in [0.2, 0.25) is 0 Å². The molecule has 5 nitrogen and oxygen atoms in total. The molecule has 0 atom stereocenters. The van der Waals surface area contributed by atoms with Crippen molar-refractivity contribution in [3.63, 3.8) is 0 Å². The number of fused-ring (bicyclic) bond motifs is 1. The van der Waals surface area contributed by atoms with Crippen LogP contribution in [0.4, 0.5) is 0 Å². The van der Waals surface area contributed by atoms with E-state index in [2.05, 4.69) is 59.6 Å². The van der Waals surface area contributed by atoms with Gasteiger partial charge in [0.15, 0.2) is 5.96 Å². The highest BCUT2D eigenvalue weighted by atomic mass is 16.5. The maximum atomic E-state index is 5.99. The number of rotatable bonds is 9. The third kappa shape index (κ3) is 6.44. The summed E-state index contributed by atoms with van der Waals surface area (Å²) in [5.74, 6) is 1.03. The summed E-state index contributed by atoms with van der Waals surface area (Å²) in [5.41, 5.74) is 1.37. The van der Waals surface area contributed by atoms with Gasteiger partial charge in [-0.3, -0.25) is 4.99 Å². The number of benzene rings is 2. The minimum Gasteiger partial charge on any atom is -0.385 e. The third-order valence-corrected chi connectivity index (χ3v) is 5.45. The standard InChI is InChI=1S/C24H35N3O2/c1-3-25-24(27-16-13-22(14-17-27)29-19-7-18-28-2)26-15-12-21-10-6-9-20-8-4-5-11-23(20)21/h4-6,8-11,22H,3,7,12-19H2,1-2H3,(H,25,26). The molecular weight excluding hydrogens is 362 g/mol. The van der Waals surface area contributed by atoms with Crippen molar-refractivity contribution in [2.45, 2.75) is 38.7 Å². The van der Waals surface area contributed by atoms with Gasteiger partial charge in [0.25, 0.3) is 0 Å². The quantitative estimate of drug-likeness (QED) is 0.396. The Balaban J connectivity index is 1.52. The average molecular weight is 398 g/mol. The van der Waals surface area contributed by atoms with E-state index in [0.29, 0.717) is 6.10 Å².